The van der Waals surface area contributed by atoms with Crippen LogP contribution in [0.2, 0.25) is 0 Å². The lowest BCUT2D eigenvalue weighted by atomic mass is 9.85. The van der Waals surface area contributed by atoms with Crippen molar-refractivity contribution in [1.29, 1.82) is 0 Å². The summed E-state index contributed by atoms with van der Waals surface area (Å²) < 4.78 is 10.4. The van der Waals surface area contributed by atoms with Gasteiger partial charge in [0.05, 0.1) is 18.7 Å². The van der Waals surface area contributed by atoms with Crippen LogP contribution in [-0.2, 0) is 14.3 Å². The minimum Gasteiger partial charge on any atom is -0.463 e. The van der Waals surface area contributed by atoms with E-state index < -0.39 is 5.60 Å². The van der Waals surface area contributed by atoms with E-state index >= 15 is 0 Å². The maximum absolute atomic E-state index is 12.4. The third kappa shape index (κ3) is 4.98. The van der Waals surface area contributed by atoms with Crippen molar-refractivity contribution >= 4 is 12.1 Å². The lowest BCUT2D eigenvalue weighted by molar-refractivity contribution is -0.137. The zero-order valence-corrected chi connectivity index (χ0v) is 14.7. The molecule has 1 heterocycles. The Bertz CT molecular complexity index is 460. The molecule has 1 aliphatic carbocycles. The highest BCUT2D eigenvalue weighted by Crippen LogP contribution is 2.43. The Morgan fingerprint density at radius 1 is 1.17 bits per heavy atom. The fourth-order valence-corrected chi connectivity index (χ4v) is 3.38. The molecule has 5 nitrogen and oxygen atoms in total. The molecule has 0 radical (unpaired) electrons. The van der Waals surface area contributed by atoms with Gasteiger partial charge in [-0.05, 0) is 46.5 Å². The molecule has 1 saturated heterocycles. The summed E-state index contributed by atoms with van der Waals surface area (Å²) >= 11 is 0. The van der Waals surface area contributed by atoms with E-state index in [4.69, 9.17) is 9.47 Å². The molecule has 0 aromatic heterocycles. The summed E-state index contributed by atoms with van der Waals surface area (Å²) in [6.45, 7) is 7.74. The smallest absolute Gasteiger partial charge is 0.411 e. The van der Waals surface area contributed by atoms with Crippen molar-refractivity contribution in [3.8, 4) is 0 Å². The molecular weight excluding hydrogens is 294 g/mol. The molecule has 1 amide bonds. The normalized spacial score (nSPS) is 25.5. The molecule has 0 N–H and O–H groups in total. The van der Waals surface area contributed by atoms with E-state index in [0.717, 1.165) is 12.8 Å². The van der Waals surface area contributed by atoms with Crippen molar-refractivity contribution in [1.82, 2.24) is 4.90 Å². The number of rotatable bonds is 4. The van der Waals surface area contributed by atoms with Gasteiger partial charge in [0.25, 0.3) is 0 Å². The molecule has 0 aromatic carbocycles. The Morgan fingerprint density at radius 2 is 1.83 bits per heavy atom. The van der Waals surface area contributed by atoms with Crippen LogP contribution in [0.4, 0.5) is 4.79 Å². The first kappa shape index (κ1) is 17.8. The maximum Gasteiger partial charge on any atom is 0.411 e. The van der Waals surface area contributed by atoms with Crippen LogP contribution >= 0.6 is 0 Å². The predicted molar refractivity (Wildman–Crippen MR) is 88.0 cm³/mol. The van der Waals surface area contributed by atoms with E-state index in [1.54, 1.807) is 17.9 Å². The molecule has 0 spiro atoms. The van der Waals surface area contributed by atoms with Gasteiger partial charge in [-0.2, -0.15) is 0 Å². The summed E-state index contributed by atoms with van der Waals surface area (Å²) in [7, 11) is 0. The average molecular weight is 323 g/mol. The second-order valence-corrected chi connectivity index (χ2v) is 7.38. The van der Waals surface area contributed by atoms with Crippen LogP contribution in [0, 0.1) is 5.92 Å². The van der Waals surface area contributed by atoms with Crippen LogP contribution < -0.4 is 0 Å². The van der Waals surface area contributed by atoms with E-state index in [0.29, 0.717) is 12.5 Å². The summed E-state index contributed by atoms with van der Waals surface area (Å²) in [5, 5.41) is 0. The van der Waals surface area contributed by atoms with Gasteiger partial charge in [0, 0.05) is 6.08 Å². The zero-order chi connectivity index (χ0) is 17.0. The first-order valence-corrected chi connectivity index (χ1v) is 8.69. The highest BCUT2D eigenvalue weighted by Gasteiger charge is 2.54. The minimum atomic E-state index is -0.508. The minimum absolute atomic E-state index is 0.0441. The zero-order valence-electron chi connectivity index (χ0n) is 14.7. The highest BCUT2D eigenvalue weighted by atomic mass is 16.6. The Kier molecular flexibility index (Phi) is 5.71. The van der Waals surface area contributed by atoms with Crippen LogP contribution in [0.25, 0.3) is 0 Å². The average Bonchev–Trinajstić information content (AvgIpc) is 3.19. The van der Waals surface area contributed by atoms with Crippen molar-refractivity contribution < 1.29 is 19.1 Å². The number of amides is 1. The second kappa shape index (κ2) is 7.37. The topological polar surface area (TPSA) is 55.6 Å². The van der Waals surface area contributed by atoms with E-state index in [1.165, 1.54) is 25.3 Å². The van der Waals surface area contributed by atoms with Crippen LogP contribution in [-0.4, -0.2) is 41.3 Å². The van der Waals surface area contributed by atoms with Crippen molar-refractivity contribution in [3.05, 3.63) is 12.2 Å². The van der Waals surface area contributed by atoms with Gasteiger partial charge < -0.3 is 9.47 Å². The van der Waals surface area contributed by atoms with Crippen LogP contribution in [0.15, 0.2) is 12.2 Å². The predicted octanol–water partition coefficient (Wildman–Crippen LogP) is 3.67. The Hall–Kier alpha value is -1.52. The number of carbonyl (C=O) groups excluding carboxylic acids is 2. The summed E-state index contributed by atoms with van der Waals surface area (Å²) in [5.41, 5.74) is -0.508. The van der Waals surface area contributed by atoms with Gasteiger partial charge in [-0.1, -0.05) is 25.3 Å². The number of ether oxygens (including phenoxy) is 2. The molecule has 1 aliphatic heterocycles. The Labute approximate surface area is 139 Å². The molecule has 23 heavy (non-hydrogen) atoms. The van der Waals surface area contributed by atoms with E-state index in [2.05, 4.69) is 0 Å². The van der Waals surface area contributed by atoms with Crippen LogP contribution in [0.5, 0.6) is 0 Å². The molecule has 2 atom stereocenters. The van der Waals surface area contributed by atoms with Gasteiger partial charge in [-0.15, -0.1) is 0 Å². The molecule has 0 unspecified atom stereocenters. The molecule has 0 bridgehead atoms. The molecule has 1 saturated carbocycles. The number of hydrogen-bond acceptors (Lipinski definition) is 4. The fourth-order valence-electron chi connectivity index (χ4n) is 3.38. The number of nitrogens with zero attached hydrogens (tertiary/aromatic N) is 1. The summed E-state index contributed by atoms with van der Waals surface area (Å²) in [5.74, 6) is 0.152. The molecule has 5 heteroatoms. The third-order valence-corrected chi connectivity index (χ3v) is 4.36. The largest absolute Gasteiger partial charge is 0.463 e. The van der Waals surface area contributed by atoms with Crippen molar-refractivity contribution in [2.24, 2.45) is 5.92 Å². The van der Waals surface area contributed by atoms with Crippen molar-refractivity contribution in [3.63, 3.8) is 0 Å². The SMILES string of the molecule is CCOC(=O)/C=C/[C@@H]1[C@@H](C2CCCCC2)N1C(=O)OC(C)(C)C. The van der Waals surface area contributed by atoms with Gasteiger partial charge in [0.2, 0.25) is 0 Å². The monoisotopic (exact) mass is 323 g/mol. The van der Waals surface area contributed by atoms with Gasteiger partial charge in [0.15, 0.2) is 0 Å². The van der Waals surface area contributed by atoms with Crippen LogP contribution in [0.3, 0.4) is 0 Å². The molecule has 2 rings (SSSR count). The van der Waals surface area contributed by atoms with Crippen LogP contribution in [0.1, 0.15) is 59.8 Å². The number of carbonyl (C=O) groups is 2. The number of esters is 1. The third-order valence-electron chi connectivity index (χ3n) is 4.36. The van der Waals surface area contributed by atoms with Gasteiger partial charge >= 0.3 is 12.1 Å². The van der Waals surface area contributed by atoms with Gasteiger partial charge in [-0.3, -0.25) is 4.90 Å². The summed E-state index contributed by atoms with van der Waals surface area (Å²) in [6.07, 6.45) is 8.96. The standard InChI is InChI=1S/C18H29NO4/c1-5-22-15(20)12-11-14-16(13-9-7-6-8-10-13)19(14)17(21)23-18(2,3)4/h11-14,16H,5-10H2,1-4H3/b12-11+/t14-,16-,19?/m1/s1. The van der Waals surface area contributed by atoms with Gasteiger partial charge in [-0.25, -0.2) is 9.59 Å². The molecule has 2 fully saturated rings. The lowest BCUT2D eigenvalue weighted by Gasteiger charge is -2.23. The van der Waals surface area contributed by atoms with Gasteiger partial charge in [0.1, 0.15) is 5.60 Å². The highest BCUT2D eigenvalue weighted by molar-refractivity contribution is 5.82. The Balaban J connectivity index is 2.03. The number of hydrogen-bond donors (Lipinski definition) is 0. The molecule has 130 valence electrons. The quantitative estimate of drug-likeness (QED) is 0.450. The van der Waals surface area contributed by atoms with Crippen molar-refractivity contribution in [2.45, 2.75) is 77.5 Å². The molecule has 0 aromatic rings. The fraction of sp³-hybridized carbons (Fsp3) is 0.778. The first-order chi connectivity index (χ1) is 10.8. The molecule has 2 aliphatic rings. The molecular formula is C18H29NO4. The first-order valence-electron chi connectivity index (χ1n) is 8.69. The lowest BCUT2D eigenvalue weighted by Crippen LogP contribution is -2.29. The van der Waals surface area contributed by atoms with E-state index in [1.807, 2.05) is 20.8 Å². The van der Waals surface area contributed by atoms with E-state index in [9.17, 15) is 9.59 Å². The maximum atomic E-state index is 12.4. The second-order valence-electron chi connectivity index (χ2n) is 7.38. The Morgan fingerprint density at radius 3 is 2.39 bits per heavy atom. The summed E-state index contributed by atoms with van der Waals surface area (Å²) in [4.78, 5) is 25.7. The summed E-state index contributed by atoms with van der Waals surface area (Å²) in [6, 6.07) is 0.119. The van der Waals surface area contributed by atoms with Crippen molar-refractivity contribution in [2.75, 3.05) is 6.61 Å². The van der Waals surface area contributed by atoms with E-state index in [-0.39, 0.29) is 24.1 Å².